The monoisotopic (exact) mass is 296 g/mol. The van der Waals surface area contributed by atoms with E-state index in [1.54, 1.807) is 12.1 Å². The Morgan fingerprint density at radius 3 is 2.26 bits per heavy atom. The number of halogens is 2. The van der Waals surface area contributed by atoms with E-state index < -0.39 is 0 Å². The van der Waals surface area contributed by atoms with Crippen molar-refractivity contribution < 1.29 is 4.79 Å². The van der Waals surface area contributed by atoms with Crippen LogP contribution in [0.2, 0.25) is 10.0 Å². The molecule has 2 N–H and O–H groups in total. The lowest BCUT2D eigenvalue weighted by Gasteiger charge is -2.19. The summed E-state index contributed by atoms with van der Waals surface area (Å²) in [5.74, 6) is -0.0507. The van der Waals surface area contributed by atoms with E-state index >= 15 is 0 Å². The SMILES string of the molecule is CC1(C)CC2=C(C1)C(=O)Nc1cc(Cl)c(Cl)cc1N2. The molecule has 0 unspecified atom stereocenters. The zero-order valence-electron chi connectivity index (χ0n) is 10.7. The lowest BCUT2D eigenvalue weighted by atomic mass is 9.89. The van der Waals surface area contributed by atoms with Crippen LogP contribution < -0.4 is 10.6 Å². The summed E-state index contributed by atoms with van der Waals surface area (Å²) in [7, 11) is 0. The van der Waals surface area contributed by atoms with Crippen molar-refractivity contribution in [2.24, 2.45) is 5.41 Å². The summed E-state index contributed by atoms with van der Waals surface area (Å²) >= 11 is 12.0. The number of carbonyl (C=O) groups excluding carboxylic acids is 1. The summed E-state index contributed by atoms with van der Waals surface area (Å²) in [5.41, 5.74) is 3.40. The fourth-order valence-electron chi connectivity index (χ4n) is 2.68. The standard InChI is InChI=1S/C14H14Cl2N2O/c1-14(2)5-7-12(6-14)17-10-3-8(15)9(16)4-11(10)18-13(7)19/h3-4,17H,5-6H2,1-2H3,(H,18,19). The van der Waals surface area contributed by atoms with Gasteiger partial charge in [0, 0.05) is 11.3 Å². The highest BCUT2D eigenvalue weighted by atomic mass is 35.5. The van der Waals surface area contributed by atoms with Crippen LogP contribution in [-0.2, 0) is 4.79 Å². The molecule has 1 amide bonds. The van der Waals surface area contributed by atoms with Gasteiger partial charge in [-0.25, -0.2) is 0 Å². The van der Waals surface area contributed by atoms with Crippen molar-refractivity contribution in [3.8, 4) is 0 Å². The molecule has 5 heteroatoms. The summed E-state index contributed by atoms with van der Waals surface area (Å²) in [5, 5.41) is 7.14. The highest BCUT2D eigenvalue weighted by Crippen LogP contribution is 2.45. The van der Waals surface area contributed by atoms with Gasteiger partial charge in [-0.05, 0) is 30.4 Å². The van der Waals surface area contributed by atoms with E-state index in [0.717, 1.165) is 29.8 Å². The van der Waals surface area contributed by atoms with E-state index in [0.29, 0.717) is 15.7 Å². The fraction of sp³-hybridized carbons (Fsp3) is 0.357. The molecule has 0 radical (unpaired) electrons. The molecule has 1 aliphatic carbocycles. The molecule has 0 saturated carbocycles. The average molecular weight is 297 g/mol. The number of allylic oxidation sites excluding steroid dienone is 1. The van der Waals surface area contributed by atoms with Crippen LogP contribution in [0.25, 0.3) is 0 Å². The molecule has 0 fully saturated rings. The van der Waals surface area contributed by atoms with Gasteiger partial charge in [-0.2, -0.15) is 0 Å². The molecule has 0 saturated heterocycles. The number of anilines is 2. The molecule has 1 heterocycles. The van der Waals surface area contributed by atoms with E-state index in [9.17, 15) is 4.79 Å². The highest BCUT2D eigenvalue weighted by Gasteiger charge is 2.36. The van der Waals surface area contributed by atoms with Gasteiger partial charge in [0.05, 0.1) is 21.4 Å². The third-order valence-electron chi connectivity index (χ3n) is 3.54. The van der Waals surface area contributed by atoms with Crippen LogP contribution in [0.15, 0.2) is 23.4 Å². The molecule has 1 aliphatic heterocycles. The molecule has 3 nitrogen and oxygen atoms in total. The van der Waals surface area contributed by atoms with Crippen LogP contribution in [0.4, 0.5) is 11.4 Å². The van der Waals surface area contributed by atoms with Gasteiger partial charge in [-0.1, -0.05) is 37.0 Å². The Morgan fingerprint density at radius 2 is 1.63 bits per heavy atom. The van der Waals surface area contributed by atoms with Crippen LogP contribution in [0.5, 0.6) is 0 Å². The Labute approximate surface area is 122 Å². The number of amides is 1. The Kier molecular flexibility index (Phi) is 2.80. The first-order chi connectivity index (χ1) is 8.85. The minimum atomic E-state index is -0.0507. The molecule has 0 bridgehead atoms. The number of fused-ring (bicyclic) bond motifs is 1. The highest BCUT2D eigenvalue weighted by molar-refractivity contribution is 6.42. The van der Waals surface area contributed by atoms with E-state index in [-0.39, 0.29) is 11.3 Å². The van der Waals surface area contributed by atoms with E-state index in [1.807, 2.05) is 0 Å². The summed E-state index contributed by atoms with van der Waals surface area (Å²) in [6.07, 6.45) is 1.63. The van der Waals surface area contributed by atoms with Crippen molar-refractivity contribution in [3.05, 3.63) is 33.4 Å². The van der Waals surface area contributed by atoms with Gasteiger partial charge >= 0.3 is 0 Å². The number of carbonyl (C=O) groups is 1. The van der Waals surface area contributed by atoms with Crippen LogP contribution >= 0.6 is 23.2 Å². The minimum absolute atomic E-state index is 0.0507. The lowest BCUT2D eigenvalue weighted by molar-refractivity contribution is -0.113. The Morgan fingerprint density at radius 1 is 1.05 bits per heavy atom. The van der Waals surface area contributed by atoms with Gasteiger partial charge in [0.2, 0.25) is 0 Å². The molecule has 19 heavy (non-hydrogen) atoms. The maximum Gasteiger partial charge on any atom is 0.253 e. The van der Waals surface area contributed by atoms with Gasteiger partial charge in [-0.15, -0.1) is 0 Å². The fourth-order valence-corrected chi connectivity index (χ4v) is 3.01. The summed E-state index contributed by atoms with van der Waals surface area (Å²) in [6.45, 7) is 4.32. The van der Waals surface area contributed by atoms with Gasteiger partial charge in [0.15, 0.2) is 0 Å². The predicted octanol–water partition coefficient (Wildman–Crippen LogP) is 4.43. The first-order valence-electron chi connectivity index (χ1n) is 6.15. The lowest BCUT2D eigenvalue weighted by Crippen LogP contribution is -2.15. The van der Waals surface area contributed by atoms with Crippen molar-refractivity contribution >= 4 is 40.5 Å². The van der Waals surface area contributed by atoms with Gasteiger partial charge < -0.3 is 10.6 Å². The first kappa shape index (κ1) is 12.8. The number of hydrogen-bond acceptors (Lipinski definition) is 2. The normalized spacial score (nSPS) is 20.3. The third kappa shape index (κ3) is 2.21. The second kappa shape index (κ2) is 4.15. The molecular weight excluding hydrogens is 283 g/mol. The van der Waals surface area contributed by atoms with Crippen LogP contribution in [-0.4, -0.2) is 5.91 Å². The molecule has 0 atom stereocenters. The predicted molar refractivity (Wildman–Crippen MR) is 78.8 cm³/mol. The zero-order chi connectivity index (χ0) is 13.8. The molecule has 0 spiro atoms. The molecule has 3 rings (SSSR count). The van der Waals surface area contributed by atoms with Crippen LogP contribution in [0.3, 0.4) is 0 Å². The second-order valence-electron chi connectivity index (χ2n) is 5.87. The Hall–Kier alpha value is -1.19. The maximum atomic E-state index is 12.3. The van der Waals surface area contributed by atoms with Crippen molar-refractivity contribution in [1.82, 2.24) is 0 Å². The number of hydrogen-bond donors (Lipinski definition) is 2. The van der Waals surface area contributed by atoms with E-state index in [4.69, 9.17) is 23.2 Å². The Bertz CT molecular complexity index is 620. The van der Waals surface area contributed by atoms with E-state index in [2.05, 4.69) is 24.5 Å². The van der Waals surface area contributed by atoms with Gasteiger partial charge in [0.1, 0.15) is 0 Å². The summed E-state index contributed by atoms with van der Waals surface area (Å²) < 4.78 is 0. The molecule has 0 aromatic heterocycles. The largest absolute Gasteiger partial charge is 0.357 e. The van der Waals surface area contributed by atoms with Gasteiger partial charge in [-0.3, -0.25) is 4.79 Å². The van der Waals surface area contributed by atoms with Crippen LogP contribution in [0, 0.1) is 5.41 Å². The summed E-state index contributed by atoms with van der Waals surface area (Å²) in [4.78, 5) is 12.3. The maximum absolute atomic E-state index is 12.3. The topological polar surface area (TPSA) is 41.1 Å². The smallest absolute Gasteiger partial charge is 0.253 e. The average Bonchev–Trinajstić information content (AvgIpc) is 2.55. The summed E-state index contributed by atoms with van der Waals surface area (Å²) in [6, 6.07) is 3.43. The zero-order valence-corrected chi connectivity index (χ0v) is 12.2. The molecule has 1 aromatic carbocycles. The third-order valence-corrected chi connectivity index (χ3v) is 4.27. The van der Waals surface area contributed by atoms with Crippen LogP contribution in [0.1, 0.15) is 26.7 Å². The molecule has 1 aromatic rings. The second-order valence-corrected chi connectivity index (χ2v) is 6.68. The Balaban J connectivity index is 2.05. The van der Waals surface area contributed by atoms with E-state index in [1.165, 1.54) is 0 Å². The molecular formula is C14H14Cl2N2O. The van der Waals surface area contributed by atoms with Crippen molar-refractivity contribution in [2.75, 3.05) is 10.6 Å². The van der Waals surface area contributed by atoms with Crippen molar-refractivity contribution in [2.45, 2.75) is 26.7 Å². The molecule has 2 aliphatic rings. The molecule has 100 valence electrons. The number of benzene rings is 1. The van der Waals surface area contributed by atoms with Gasteiger partial charge in [0.25, 0.3) is 5.91 Å². The van der Waals surface area contributed by atoms with Crippen molar-refractivity contribution in [1.29, 1.82) is 0 Å². The number of rotatable bonds is 0. The van der Waals surface area contributed by atoms with Crippen molar-refractivity contribution in [3.63, 3.8) is 0 Å². The number of nitrogens with one attached hydrogen (secondary N) is 2. The minimum Gasteiger partial charge on any atom is -0.357 e. The quantitative estimate of drug-likeness (QED) is 0.743. The first-order valence-corrected chi connectivity index (χ1v) is 6.91.